The van der Waals surface area contributed by atoms with Gasteiger partial charge >= 0.3 is 0 Å². The Morgan fingerprint density at radius 1 is 0.789 bits per heavy atom. The highest BCUT2D eigenvalue weighted by Gasteiger charge is 2.03. The van der Waals surface area contributed by atoms with Gasteiger partial charge in [-0.1, -0.05) is 72.1 Å². The minimum atomic E-state index is -0.530. The van der Waals surface area contributed by atoms with Crippen molar-refractivity contribution in [3.05, 3.63) is 0 Å². The van der Waals surface area contributed by atoms with Gasteiger partial charge in [0.2, 0.25) is 0 Å². The molecule has 0 rings (SSSR count). The summed E-state index contributed by atoms with van der Waals surface area (Å²) in [5.41, 5.74) is 0. The molecule has 0 aromatic carbocycles. The zero-order valence-electron chi connectivity index (χ0n) is 13.5. The number of rotatable bonds is 14. The molecule has 0 heterocycles. The van der Waals surface area contributed by atoms with Crippen LogP contribution in [-0.4, -0.2) is 18.0 Å². The number of unbranched alkanes of at least 4 members (excludes halogenated alkanes) is 7. The van der Waals surface area contributed by atoms with Gasteiger partial charge < -0.3 is 9.84 Å². The van der Waals surface area contributed by atoms with Crippen molar-refractivity contribution in [2.24, 2.45) is 5.92 Å². The van der Waals surface area contributed by atoms with E-state index in [1.54, 1.807) is 0 Å². The van der Waals surface area contributed by atoms with Crippen LogP contribution < -0.4 is 0 Å². The number of ether oxygens (including phenoxy) is 1. The van der Waals surface area contributed by atoms with E-state index < -0.39 is 6.29 Å². The predicted octanol–water partition coefficient (Wildman–Crippen LogP) is 5.29. The Hall–Kier alpha value is -0.0800. The van der Waals surface area contributed by atoms with Crippen LogP contribution in [0.3, 0.4) is 0 Å². The minimum absolute atomic E-state index is 0.530. The van der Waals surface area contributed by atoms with Gasteiger partial charge in [-0.2, -0.15) is 0 Å². The third-order valence-electron chi connectivity index (χ3n) is 3.54. The lowest BCUT2D eigenvalue weighted by Gasteiger charge is -2.11. The van der Waals surface area contributed by atoms with Gasteiger partial charge in [0.05, 0.1) is 0 Å². The summed E-state index contributed by atoms with van der Waals surface area (Å²) in [5, 5.41) is 9.58. The molecule has 2 nitrogen and oxygen atoms in total. The zero-order valence-corrected chi connectivity index (χ0v) is 13.5. The van der Waals surface area contributed by atoms with E-state index in [1.165, 1.54) is 44.9 Å². The monoisotopic (exact) mass is 272 g/mol. The molecule has 19 heavy (non-hydrogen) atoms. The van der Waals surface area contributed by atoms with Gasteiger partial charge in [0.25, 0.3) is 0 Å². The summed E-state index contributed by atoms with van der Waals surface area (Å²) in [7, 11) is 0. The second kappa shape index (κ2) is 14.3. The first kappa shape index (κ1) is 18.9. The SMILES string of the molecule is CCCCOC(O)CCCCCCCCCC(C)C. The molecule has 0 amide bonds. The van der Waals surface area contributed by atoms with Crippen molar-refractivity contribution in [2.45, 2.75) is 97.7 Å². The van der Waals surface area contributed by atoms with Gasteiger partial charge in [-0.25, -0.2) is 0 Å². The summed E-state index contributed by atoms with van der Waals surface area (Å²) < 4.78 is 5.32. The largest absolute Gasteiger partial charge is 0.368 e. The summed E-state index contributed by atoms with van der Waals surface area (Å²) in [6.07, 6.45) is 13.0. The first-order valence-electron chi connectivity index (χ1n) is 8.46. The van der Waals surface area contributed by atoms with E-state index in [0.29, 0.717) is 6.61 Å². The molecule has 0 aliphatic rings. The van der Waals surface area contributed by atoms with Crippen LogP contribution in [0.25, 0.3) is 0 Å². The maximum absolute atomic E-state index is 9.58. The van der Waals surface area contributed by atoms with Crippen LogP contribution in [-0.2, 0) is 4.74 Å². The Labute approximate surface area is 120 Å². The van der Waals surface area contributed by atoms with Crippen molar-refractivity contribution in [1.82, 2.24) is 0 Å². The Balaban J connectivity index is 3.09. The van der Waals surface area contributed by atoms with Crippen LogP contribution in [0.4, 0.5) is 0 Å². The smallest absolute Gasteiger partial charge is 0.154 e. The highest BCUT2D eigenvalue weighted by molar-refractivity contribution is 4.50. The van der Waals surface area contributed by atoms with Crippen LogP contribution in [0.2, 0.25) is 0 Å². The maximum Gasteiger partial charge on any atom is 0.154 e. The highest BCUT2D eigenvalue weighted by atomic mass is 16.6. The lowest BCUT2D eigenvalue weighted by atomic mass is 10.0. The van der Waals surface area contributed by atoms with Gasteiger partial charge in [0.15, 0.2) is 6.29 Å². The molecule has 0 saturated carbocycles. The fourth-order valence-corrected chi connectivity index (χ4v) is 2.20. The van der Waals surface area contributed by atoms with E-state index in [-0.39, 0.29) is 0 Å². The van der Waals surface area contributed by atoms with Crippen LogP contribution >= 0.6 is 0 Å². The molecule has 0 bridgehead atoms. The number of aliphatic hydroxyl groups excluding tert-OH is 1. The first-order valence-corrected chi connectivity index (χ1v) is 8.46. The van der Waals surface area contributed by atoms with Crippen molar-refractivity contribution in [3.63, 3.8) is 0 Å². The lowest BCUT2D eigenvalue weighted by molar-refractivity contribution is -0.104. The summed E-state index contributed by atoms with van der Waals surface area (Å²) in [6, 6.07) is 0. The van der Waals surface area contributed by atoms with Crippen LogP contribution in [0, 0.1) is 5.92 Å². The quantitative estimate of drug-likeness (QED) is 0.344. The molecule has 0 aromatic heterocycles. The number of hydrogen-bond acceptors (Lipinski definition) is 2. The summed E-state index contributed by atoms with van der Waals surface area (Å²) in [5.74, 6) is 0.856. The fraction of sp³-hybridized carbons (Fsp3) is 1.00. The Kier molecular flexibility index (Phi) is 14.3. The highest BCUT2D eigenvalue weighted by Crippen LogP contribution is 2.13. The van der Waals surface area contributed by atoms with Crippen LogP contribution in [0.15, 0.2) is 0 Å². The average Bonchev–Trinajstić information content (AvgIpc) is 2.36. The summed E-state index contributed by atoms with van der Waals surface area (Å²) >= 11 is 0. The van der Waals surface area contributed by atoms with E-state index >= 15 is 0 Å². The van der Waals surface area contributed by atoms with Gasteiger partial charge in [-0.3, -0.25) is 0 Å². The molecule has 116 valence electrons. The Bertz CT molecular complexity index is 169. The second-order valence-corrected chi connectivity index (χ2v) is 6.13. The summed E-state index contributed by atoms with van der Waals surface area (Å²) in [6.45, 7) is 7.44. The molecule has 0 aliphatic heterocycles. The number of hydrogen-bond donors (Lipinski definition) is 1. The van der Waals surface area contributed by atoms with Crippen molar-refractivity contribution in [3.8, 4) is 0 Å². The topological polar surface area (TPSA) is 29.5 Å². The van der Waals surface area contributed by atoms with Gasteiger partial charge in [-0.05, 0) is 25.2 Å². The van der Waals surface area contributed by atoms with Gasteiger partial charge in [0, 0.05) is 6.61 Å². The van der Waals surface area contributed by atoms with Crippen molar-refractivity contribution in [1.29, 1.82) is 0 Å². The fourth-order valence-electron chi connectivity index (χ4n) is 2.20. The Morgan fingerprint density at radius 2 is 1.32 bits per heavy atom. The first-order chi connectivity index (χ1) is 9.16. The molecular weight excluding hydrogens is 236 g/mol. The minimum Gasteiger partial charge on any atom is -0.368 e. The normalized spacial score (nSPS) is 13.1. The standard InChI is InChI=1S/C17H36O2/c1-4-5-15-19-17(18)14-12-10-8-6-7-9-11-13-16(2)3/h16-18H,4-15H2,1-3H3. The van der Waals surface area contributed by atoms with Crippen molar-refractivity contribution in [2.75, 3.05) is 6.61 Å². The van der Waals surface area contributed by atoms with Crippen LogP contribution in [0.1, 0.15) is 91.4 Å². The molecule has 0 spiro atoms. The molecule has 0 radical (unpaired) electrons. The average molecular weight is 272 g/mol. The van der Waals surface area contributed by atoms with Crippen molar-refractivity contribution < 1.29 is 9.84 Å². The van der Waals surface area contributed by atoms with Crippen molar-refractivity contribution >= 4 is 0 Å². The van der Waals surface area contributed by atoms with Crippen LogP contribution in [0.5, 0.6) is 0 Å². The predicted molar refractivity (Wildman–Crippen MR) is 83.3 cm³/mol. The summed E-state index contributed by atoms with van der Waals surface area (Å²) in [4.78, 5) is 0. The van der Waals surface area contributed by atoms with E-state index in [2.05, 4.69) is 20.8 Å². The molecule has 0 saturated heterocycles. The van der Waals surface area contributed by atoms with Gasteiger partial charge in [0.1, 0.15) is 0 Å². The molecule has 0 fully saturated rings. The van der Waals surface area contributed by atoms with E-state index in [1.807, 2.05) is 0 Å². The van der Waals surface area contributed by atoms with E-state index in [9.17, 15) is 5.11 Å². The lowest BCUT2D eigenvalue weighted by Crippen LogP contribution is -2.12. The third kappa shape index (κ3) is 15.9. The molecule has 1 unspecified atom stereocenters. The molecule has 1 atom stereocenters. The second-order valence-electron chi connectivity index (χ2n) is 6.13. The maximum atomic E-state index is 9.58. The number of aliphatic hydroxyl groups is 1. The van der Waals surface area contributed by atoms with E-state index in [0.717, 1.165) is 31.6 Å². The zero-order chi connectivity index (χ0) is 14.3. The molecule has 0 aliphatic carbocycles. The Morgan fingerprint density at radius 3 is 1.84 bits per heavy atom. The molecule has 2 heteroatoms. The van der Waals surface area contributed by atoms with E-state index in [4.69, 9.17) is 4.74 Å². The third-order valence-corrected chi connectivity index (χ3v) is 3.54. The molecular formula is C17H36O2. The molecule has 1 N–H and O–H groups in total. The van der Waals surface area contributed by atoms with Gasteiger partial charge in [-0.15, -0.1) is 0 Å². The molecule has 0 aromatic rings.